The highest BCUT2D eigenvalue weighted by atomic mass is 16.3. The van der Waals surface area contributed by atoms with E-state index in [4.69, 9.17) is 4.42 Å². The minimum absolute atomic E-state index is 0.214. The Labute approximate surface area is 115 Å². The third-order valence-electron chi connectivity index (χ3n) is 3.00. The van der Waals surface area contributed by atoms with Gasteiger partial charge in [-0.15, -0.1) is 0 Å². The number of furan rings is 1. The summed E-state index contributed by atoms with van der Waals surface area (Å²) in [7, 11) is 1.79. The highest BCUT2D eigenvalue weighted by Gasteiger charge is 2.13. The van der Waals surface area contributed by atoms with Gasteiger partial charge >= 0.3 is 0 Å². The molecule has 5 nitrogen and oxygen atoms in total. The number of aromatic nitrogens is 1. The lowest BCUT2D eigenvalue weighted by atomic mass is 10.1. The summed E-state index contributed by atoms with van der Waals surface area (Å²) in [6.07, 6.45) is 3.07. The molecule has 3 rings (SSSR count). The first-order chi connectivity index (χ1) is 9.78. The maximum atomic E-state index is 12.2. The maximum absolute atomic E-state index is 12.2. The first-order valence-electron chi connectivity index (χ1n) is 6.19. The first kappa shape index (κ1) is 12.2. The lowest BCUT2D eigenvalue weighted by Crippen LogP contribution is -2.11. The van der Waals surface area contributed by atoms with Gasteiger partial charge in [-0.2, -0.15) is 0 Å². The van der Waals surface area contributed by atoms with Gasteiger partial charge in [0.25, 0.3) is 5.91 Å². The molecule has 20 heavy (non-hydrogen) atoms. The number of amides is 1. The molecule has 1 amide bonds. The number of carbonyl (C=O) groups excluding carboxylic acids is 1. The number of carbonyl (C=O) groups is 1. The second kappa shape index (κ2) is 5.05. The zero-order valence-electron chi connectivity index (χ0n) is 10.9. The summed E-state index contributed by atoms with van der Waals surface area (Å²) >= 11 is 0. The van der Waals surface area contributed by atoms with Crippen molar-refractivity contribution in [2.45, 2.75) is 0 Å². The smallest absolute Gasteiger partial charge is 0.259 e. The van der Waals surface area contributed by atoms with Gasteiger partial charge in [0.2, 0.25) is 0 Å². The summed E-state index contributed by atoms with van der Waals surface area (Å²) in [5, 5.41) is 6.52. The van der Waals surface area contributed by atoms with E-state index in [9.17, 15) is 4.79 Å². The lowest BCUT2D eigenvalue weighted by molar-refractivity contribution is 0.102. The van der Waals surface area contributed by atoms with E-state index in [0.717, 1.165) is 11.2 Å². The molecule has 0 fully saturated rings. The van der Waals surface area contributed by atoms with Crippen LogP contribution in [-0.2, 0) is 0 Å². The van der Waals surface area contributed by atoms with Crippen LogP contribution >= 0.6 is 0 Å². The minimum atomic E-state index is -0.214. The highest BCUT2D eigenvalue weighted by molar-refractivity contribution is 6.12. The number of rotatable bonds is 3. The summed E-state index contributed by atoms with van der Waals surface area (Å²) in [5.74, 6) is 0.533. The molecule has 5 heteroatoms. The van der Waals surface area contributed by atoms with E-state index < -0.39 is 0 Å². The number of nitrogens with zero attached hydrogens (tertiary/aromatic N) is 1. The van der Waals surface area contributed by atoms with Gasteiger partial charge in [0.05, 0.1) is 17.4 Å². The molecule has 2 heterocycles. The molecule has 100 valence electrons. The monoisotopic (exact) mass is 267 g/mol. The summed E-state index contributed by atoms with van der Waals surface area (Å²) < 4.78 is 5.36. The van der Waals surface area contributed by atoms with E-state index in [-0.39, 0.29) is 5.91 Å². The Kier molecular flexibility index (Phi) is 3.09. The van der Waals surface area contributed by atoms with Gasteiger partial charge in [-0.1, -0.05) is 18.2 Å². The van der Waals surface area contributed by atoms with Gasteiger partial charge in [-0.25, -0.2) is 4.98 Å². The molecular formula is C15H13N3O2. The third kappa shape index (κ3) is 2.21. The molecule has 0 saturated carbocycles. The Hall–Kier alpha value is -2.82. The minimum Gasteiger partial charge on any atom is -0.463 e. The molecule has 0 saturated heterocycles. The van der Waals surface area contributed by atoms with Crippen molar-refractivity contribution in [2.75, 3.05) is 17.7 Å². The number of hydrogen-bond acceptors (Lipinski definition) is 4. The topological polar surface area (TPSA) is 67.2 Å². The fraction of sp³-hybridized carbons (Fsp3) is 0.0667. The largest absolute Gasteiger partial charge is 0.463 e. The Bertz CT molecular complexity index is 747. The van der Waals surface area contributed by atoms with Crippen LogP contribution in [0.5, 0.6) is 0 Å². The van der Waals surface area contributed by atoms with Crippen molar-refractivity contribution in [1.82, 2.24) is 4.98 Å². The van der Waals surface area contributed by atoms with Crippen molar-refractivity contribution >= 4 is 28.4 Å². The van der Waals surface area contributed by atoms with Gasteiger partial charge < -0.3 is 15.1 Å². The average Bonchev–Trinajstić information content (AvgIpc) is 2.92. The maximum Gasteiger partial charge on any atom is 0.259 e. The average molecular weight is 267 g/mol. The molecule has 0 aliphatic carbocycles. The highest BCUT2D eigenvalue weighted by Crippen LogP contribution is 2.21. The van der Waals surface area contributed by atoms with Crippen LogP contribution in [0.25, 0.3) is 11.0 Å². The number of anilines is 2. The second-order valence-corrected chi connectivity index (χ2v) is 4.28. The molecule has 1 aromatic carbocycles. The van der Waals surface area contributed by atoms with E-state index in [2.05, 4.69) is 15.6 Å². The van der Waals surface area contributed by atoms with Crippen LogP contribution in [0.2, 0.25) is 0 Å². The van der Waals surface area contributed by atoms with Crippen molar-refractivity contribution < 1.29 is 9.21 Å². The number of nitrogens with one attached hydrogen (secondary N) is 2. The van der Waals surface area contributed by atoms with E-state index in [1.165, 1.54) is 6.26 Å². The first-order valence-corrected chi connectivity index (χ1v) is 6.19. The van der Waals surface area contributed by atoms with Gasteiger partial charge in [0.1, 0.15) is 17.7 Å². The van der Waals surface area contributed by atoms with Crippen LogP contribution in [-0.4, -0.2) is 17.9 Å². The van der Waals surface area contributed by atoms with E-state index in [1.807, 2.05) is 24.3 Å². The van der Waals surface area contributed by atoms with Crippen LogP contribution in [0.4, 0.5) is 11.5 Å². The van der Waals surface area contributed by atoms with Crippen LogP contribution in [0.15, 0.2) is 53.3 Å². The summed E-state index contributed by atoms with van der Waals surface area (Å²) in [5.41, 5.74) is 1.85. The molecule has 0 aliphatic rings. The standard InChI is InChI=1S/C15H13N3O2/c1-16-14-7-6-10(8-17-14)18-15(19)12-9-20-13-5-3-2-4-11(12)13/h2-9H,1H3,(H,16,17)(H,18,19). The van der Waals surface area contributed by atoms with Gasteiger partial charge in [-0.05, 0) is 18.2 Å². The Morgan fingerprint density at radius 1 is 1.20 bits per heavy atom. The Balaban J connectivity index is 1.85. The Morgan fingerprint density at radius 2 is 2.05 bits per heavy atom. The SMILES string of the molecule is CNc1ccc(NC(=O)c2coc3ccccc23)cn1. The fourth-order valence-corrected chi connectivity index (χ4v) is 1.97. The lowest BCUT2D eigenvalue weighted by Gasteiger charge is -2.04. The zero-order valence-corrected chi connectivity index (χ0v) is 10.9. The zero-order chi connectivity index (χ0) is 13.9. The van der Waals surface area contributed by atoms with Crippen molar-refractivity contribution in [3.8, 4) is 0 Å². The summed E-state index contributed by atoms with van der Waals surface area (Å²) in [4.78, 5) is 16.4. The molecule has 0 unspecified atom stereocenters. The number of hydrogen-bond donors (Lipinski definition) is 2. The number of fused-ring (bicyclic) bond motifs is 1. The molecule has 2 aromatic heterocycles. The molecule has 0 spiro atoms. The molecule has 0 bridgehead atoms. The normalized spacial score (nSPS) is 10.4. The van der Waals surface area contributed by atoms with Crippen molar-refractivity contribution in [1.29, 1.82) is 0 Å². The van der Waals surface area contributed by atoms with Crippen molar-refractivity contribution in [2.24, 2.45) is 0 Å². The van der Waals surface area contributed by atoms with E-state index in [1.54, 1.807) is 25.4 Å². The molecule has 2 N–H and O–H groups in total. The predicted octanol–water partition coefficient (Wildman–Crippen LogP) is 3.12. The number of pyridine rings is 1. The fourth-order valence-electron chi connectivity index (χ4n) is 1.97. The van der Waals surface area contributed by atoms with Gasteiger partial charge in [0.15, 0.2) is 0 Å². The Morgan fingerprint density at radius 3 is 2.80 bits per heavy atom. The van der Waals surface area contributed by atoms with Crippen LogP contribution < -0.4 is 10.6 Å². The number of para-hydroxylation sites is 1. The van der Waals surface area contributed by atoms with Crippen molar-refractivity contribution in [3.05, 3.63) is 54.4 Å². The second-order valence-electron chi connectivity index (χ2n) is 4.28. The summed E-state index contributed by atoms with van der Waals surface area (Å²) in [6.45, 7) is 0. The quantitative estimate of drug-likeness (QED) is 0.765. The van der Waals surface area contributed by atoms with Crippen molar-refractivity contribution in [3.63, 3.8) is 0 Å². The summed E-state index contributed by atoms with van der Waals surface area (Å²) in [6, 6.07) is 11.0. The molecular weight excluding hydrogens is 254 g/mol. The van der Waals surface area contributed by atoms with Crippen LogP contribution in [0.3, 0.4) is 0 Å². The molecule has 0 radical (unpaired) electrons. The molecule has 0 aliphatic heterocycles. The van der Waals surface area contributed by atoms with E-state index in [0.29, 0.717) is 16.8 Å². The van der Waals surface area contributed by atoms with Crippen LogP contribution in [0.1, 0.15) is 10.4 Å². The van der Waals surface area contributed by atoms with Crippen LogP contribution in [0, 0.1) is 0 Å². The third-order valence-corrected chi connectivity index (χ3v) is 3.00. The van der Waals surface area contributed by atoms with E-state index >= 15 is 0 Å². The molecule has 3 aromatic rings. The van der Waals surface area contributed by atoms with Gasteiger partial charge in [-0.3, -0.25) is 4.79 Å². The molecule has 0 atom stereocenters. The predicted molar refractivity (Wildman–Crippen MR) is 78.0 cm³/mol. The number of benzene rings is 1. The van der Waals surface area contributed by atoms with Gasteiger partial charge in [0, 0.05) is 12.4 Å².